The Morgan fingerprint density at radius 2 is 1.21 bits per heavy atom. The molecule has 0 rings (SSSR count). The van der Waals surface area contributed by atoms with Crippen LogP contribution in [-0.4, -0.2) is 33.2 Å². The molecule has 0 spiro atoms. The van der Waals surface area contributed by atoms with Gasteiger partial charge in [0, 0.05) is 54.6 Å². The Bertz CT molecular complexity index is 472. The van der Waals surface area contributed by atoms with E-state index in [1.807, 2.05) is 6.92 Å². The molecule has 0 aliphatic rings. The first-order chi connectivity index (χ1) is 14.8. The molecule has 3 N–H and O–H groups in total. The smallest absolute Gasteiger partial charge is 0.306 e. The summed E-state index contributed by atoms with van der Waals surface area (Å²) in [5.74, 6) is -1.40. The summed E-state index contributed by atoms with van der Waals surface area (Å²) < 4.78 is 0. The molecular formula is C26H52CeO6. The fourth-order valence-corrected chi connectivity index (χ4v) is 2.89. The Hall–Kier alpha value is -0.213. The predicted molar refractivity (Wildman–Crippen MR) is 132 cm³/mol. The van der Waals surface area contributed by atoms with Gasteiger partial charge in [-0.2, -0.15) is 0 Å². The molecule has 1 unspecified atom stereocenters. The van der Waals surface area contributed by atoms with Crippen molar-refractivity contribution in [2.24, 2.45) is 17.3 Å². The number of unbranched alkanes of at least 4 members (excludes halogenated alkanes) is 4. The van der Waals surface area contributed by atoms with Gasteiger partial charge in [0.1, 0.15) is 0 Å². The average molecular weight is 601 g/mol. The summed E-state index contributed by atoms with van der Waals surface area (Å²) in [5.41, 5.74) is 0.392. The quantitative estimate of drug-likeness (QED) is 0.167. The van der Waals surface area contributed by atoms with E-state index in [0.29, 0.717) is 24.2 Å². The molecule has 0 aromatic carbocycles. The van der Waals surface area contributed by atoms with E-state index < -0.39 is 17.9 Å². The van der Waals surface area contributed by atoms with Gasteiger partial charge in [-0.05, 0) is 43.4 Å². The molecule has 0 fully saturated rings. The minimum Gasteiger partial charge on any atom is -0.481 e. The van der Waals surface area contributed by atoms with Gasteiger partial charge in [-0.25, -0.2) is 0 Å². The van der Waals surface area contributed by atoms with Gasteiger partial charge in [-0.3, -0.25) is 14.4 Å². The Balaban J connectivity index is -0.000000189. The largest absolute Gasteiger partial charge is 0.481 e. The second-order valence-corrected chi connectivity index (χ2v) is 10.1. The first kappa shape index (κ1) is 40.0. The van der Waals surface area contributed by atoms with Crippen molar-refractivity contribution < 1.29 is 71.5 Å². The standard InChI is InChI=1S/C10H20O2.2C8H16O2.Ce/c1-10(2,3)8-6-4-5-7-9(11)12;1-7(2)5-3-4-6-8(9)10;1-3-5-6-7(4-2)8(9)10;/h4-8H2,1-3H3,(H,11,12);2*7H,3-6H2,1-2H3,(H,9,10);. The van der Waals surface area contributed by atoms with Crippen LogP contribution in [0.3, 0.4) is 0 Å². The van der Waals surface area contributed by atoms with Crippen LogP contribution in [0.25, 0.3) is 0 Å². The van der Waals surface area contributed by atoms with E-state index >= 15 is 0 Å². The van der Waals surface area contributed by atoms with Crippen LogP contribution in [0, 0.1) is 59.0 Å². The summed E-state index contributed by atoms with van der Waals surface area (Å²) >= 11 is 0. The minimum absolute atomic E-state index is 0. The van der Waals surface area contributed by atoms with Gasteiger partial charge in [0.05, 0.1) is 5.92 Å². The number of carboxylic acids is 3. The average Bonchev–Trinajstić information content (AvgIpc) is 2.65. The summed E-state index contributed by atoms with van der Waals surface area (Å²) in [6, 6.07) is 0. The summed E-state index contributed by atoms with van der Waals surface area (Å²) in [4.78, 5) is 30.6. The molecule has 0 aliphatic carbocycles. The molecule has 6 nitrogen and oxygen atoms in total. The van der Waals surface area contributed by atoms with Crippen LogP contribution >= 0.6 is 0 Å². The molecule has 0 saturated carbocycles. The van der Waals surface area contributed by atoms with Crippen molar-refractivity contribution in [1.29, 1.82) is 0 Å². The topological polar surface area (TPSA) is 112 Å². The zero-order valence-electron chi connectivity index (χ0n) is 22.4. The van der Waals surface area contributed by atoms with Gasteiger partial charge in [0.25, 0.3) is 0 Å². The van der Waals surface area contributed by atoms with Gasteiger partial charge >= 0.3 is 17.9 Å². The number of carboxylic acid groups (broad SMARTS) is 3. The van der Waals surface area contributed by atoms with E-state index in [0.717, 1.165) is 64.2 Å². The number of hydrogen-bond acceptors (Lipinski definition) is 3. The van der Waals surface area contributed by atoms with Crippen molar-refractivity contribution in [2.75, 3.05) is 0 Å². The third-order valence-electron chi connectivity index (χ3n) is 4.99. The van der Waals surface area contributed by atoms with Gasteiger partial charge in [-0.15, -0.1) is 0 Å². The van der Waals surface area contributed by atoms with Crippen molar-refractivity contribution >= 4 is 17.9 Å². The zero-order valence-corrected chi connectivity index (χ0v) is 25.6. The maximum Gasteiger partial charge on any atom is 0.306 e. The van der Waals surface area contributed by atoms with Gasteiger partial charge < -0.3 is 15.3 Å². The number of rotatable bonds is 15. The Morgan fingerprint density at radius 3 is 1.55 bits per heavy atom. The van der Waals surface area contributed by atoms with E-state index in [2.05, 4.69) is 41.5 Å². The molecule has 0 radical (unpaired) electrons. The molecular weight excluding hydrogens is 548 g/mol. The molecule has 0 aliphatic heterocycles. The predicted octanol–water partition coefficient (Wildman–Crippen LogP) is 7.64. The Labute approximate surface area is 237 Å². The minimum atomic E-state index is -0.677. The summed E-state index contributed by atoms with van der Waals surface area (Å²) in [6.07, 6.45) is 11.6. The van der Waals surface area contributed by atoms with Crippen LogP contribution in [0.15, 0.2) is 0 Å². The zero-order chi connectivity index (χ0) is 25.6. The molecule has 196 valence electrons. The monoisotopic (exact) mass is 600 g/mol. The second-order valence-electron chi connectivity index (χ2n) is 10.1. The van der Waals surface area contributed by atoms with Crippen molar-refractivity contribution in [3.63, 3.8) is 0 Å². The maximum atomic E-state index is 10.4. The molecule has 7 heteroatoms. The summed E-state index contributed by atoms with van der Waals surface area (Å²) in [5, 5.41) is 25.3. The van der Waals surface area contributed by atoms with E-state index in [1.54, 1.807) is 0 Å². The van der Waals surface area contributed by atoms with Crippen molar-refractivity contribution in [1.82, 2.24) is 0 Å². The fraction of sp³-hybridized carbons (Fsp3) is 0.885. The fourth-order valence-electron chi connectivity index (χ4n) is 2.89. The molecule has 0 aromatic rings. The maximum absolute atomic E-state index is 10.4. The molecule has 1 atom stereocenters. The third kappa shape index (κ3) is 42.4. The van der Waals surface area contributed by atoms with Crippen LogP contribution in [0.2, 0.25) is 0 Å². The van der Waals surface area contributed by atoms with E-state index in [1.165, 1.54) is 6.42 Å². The molecule has 0 heterocycles. The molecule has 0 amide bonds. The number of hydrogen-bond donors (Lipinski definition) is 3. The molecule has 0 saturated heterocycles. The first-order valence-corrected chi connectivity index (χ1v) is 12.4. The van der Waals surface area contributed by atoms with Crippen molar-refractivity contribution in [3.05, 3.63) is 0 Å². The summed E-state index contributed by atoms with van der Waals surface area (Å²) in [6.45, 7) is 14.9. The van der Waals surface area contributed by atoms with Gasteiger partial charge in [0.2, 0.25) is 0 Å². The van der Waals surface area contributed by atoms with Crippen LogP contribution in [0.1, 0.15) is 132 Å². The SMILES string of the molecule is CC(C)(C)CCCCCC(=O)O.CC(C)CCCCC(=O)O.CCCCC(CC)C(=O)O.[Ce]. The normalized spacial score (nSPS) is 11.3. The van der Waals surface area contributed by atoms with E-state index in [4.69, 9.17) is 15.3 Å². The van der Waals surface area contributed by atoms with Gasteiger partial charge in [-0.1, -0.05) is 87.0 Å². The molecule has 0 aromatic heterocycles. The third-order valence-corrected chi connectivity index (χ3v) is 4.99. The Kier molecular flexibility index (Phi) is 32.0. The van der Waals surface area contributed by atoms with Crippen LogP contribution in [0.4, 0.5) is 0 Å². The Morgan fingerprint density at radius 1 is 0.727 bits per heavy atom. The van der Waals surface area contributed by atoms with Gasteiger partial charge in [0.15, 0.2) is 0 Å². The molecule has 0 bridgehead atoms. The van der Waals surface area contributed by atoms with E-state index in [9.17, 15) is 14.4 Å². The first-order valence-electron chi connectivity index (χ1n) is 12.4. The summed E-state index contributed by atoms with van der Waals surface area (Å²) in [7, 11) is 0. The number of carbonyl (C=O) groups is 3. The van der Waals surface area contributed by atoms with Crippen molar-refractivity contribution in [3.8, 4) is 0 Å². The van der Waals surface area contributed by atoms with Crippen LogP contribution in [-0.2, 0) is 14.4 Å². The van der Waals surface area contributed by atoms with Crippen LogP contribution < -0.4 is 0 Å². The second kappa shape index (κ2) is 26.4. The van der Waals surface area contributed by atoms with E-state index in [-0.39, 0.29) is 47.7 Å². The number of aliphatic carboxylic acids is 3. The van der Waals surface area contributed by atoms with Crippen molar-refractivity contribution in [2.45, 2.75) is 132 Å². The molecule has 33 heavy (non-hydrogen) atoms. The van der Waals surface area contributed by atoms with Crippen LogP contribution in [0.5, 0.6) is 0 Å².